The number of aromatic amines is 1. The number of aliphatic hydroxyl groups excluding tert-OH is 1. The molecular formula is C9H15N3O. The largest absolute Gasteiger partial charge is 0.391 e. The highest BCUT2D eigenvalue weighted by atomic mass is 16.3. The Morgan fingerprint density at radius 1 is 1.69 bits per heavy atom. The van der Waals surface area contributed by atoms with Crippen LogP contribution in [0.4, 0.5) is 5.82 Å². The smallest absolute Gasteiger partial charge is 0.150 e. The van der Waals surface area contributed by atoms with E-state index >= 15 is 0 Å². The molecule has 1 unspecified atom stereocenters. The highest BCUT2D eigenvalue weighted by molar-refractivity contribution is 5.42. The summed E-state index contributed by atoms with van der Waals surface area (Å²) < 4.78 is 0. The molecule has 1 aromatic heterocycles. The molecule has 0 aliphatic carbocycles. The van der Waals surface area contributed by atoms with Crippen molar-refractivity contribution in [2.75, 3.05) is 11.4 Å². The number of rotatable bonds is 1. The van der Waals surface area contributed by atoms with Crippen molar-refractivity contribution in [2.45, 2.75) is 31.9 Å². The fourth-order valence-electron chi connectivity index (χ4n) is 1.89. The van der Waals surface area contributed by atoms with Crippen LogP contribution in [-0.4, -0.2) is 33.5 Å². The lowest BCUT2D eigenvalue weighted by molar-refractivity contribution is 0.127. The van der Waals surface area contributed by atoms with E-state index in [-0.39, 0.29) is 11.6 Å². The van der Waals surface area contributed by atoms with E-state index in [0.717, 1.165) is 18.8 Å². The Hall–Kier alpha value is -1.03. The first-order valence-electron chi connectivity index (χ1n) is 4.58. The zero-order valence-corrected chi connectivity index (χ0v) is 7.99. The fraction of sp³-hybridized carbons (Fsp3) is 0.667. The zero-order chi connectivity index (χ0) is 9.47. The number of aliphatic hydroxyl groups is 1. The second-order valence-corrected chi connectivity index (χ2v) is 4.04. The molecule has 1 aromatic rings. The average Bonchev–Trinajstić information content (AvgIpc) is 2.62. The van der Waals surface area contributed by atoms with Gasteiger partial charge in [0.2, 0.25) is 0 Å². The van der Waals surface area contributed by atoms with Crippen molar-refractivity contribution in [3.63, 3.8) is 0 Å². The number of hydrogen-bond acceptors (Lipinski definition) is 3. The number of hydrogen-bond donors (Lipinski definition) is 2. The molecule has 0 spiro atoms. The second kappa shape index (κ2) is 2.73. The quantitative estimate of drug-likeness (QED) is 0.672. The van der Waals surface area contributed by atoms with Gasteiger partial charge in [-0.15, -0.1) is 0 Å². The predicted octanol–water partition coefficient (Wildman–Crippen LogP) is 0.759. The van der Waals surface area contributed by atoms with Gasteiger partial charge in [0.1, 0.15) is 0 Å². The summed E-state index contributed by atoms with van der Waals surface area (Å²) >= 11 is 0. The summed E-state index contributed by atoms with van der Waals surface area (Å²) in [6, 6.07) is 1.93. The van der Waals surface area contributed by atoms with E-state index in [1.165, 1.54) is 0 Å². The third-order valence-corrected chi connectivity index (χ3v) is 2.90. The average molecular weight is 181 g/mol. The van der Waals surface area contributed by atoms with Crippen molar-refractivity contribution in [2.24, 2.45) is 0 Å². The molecule has 0 amide bonds. The molecule has 1 saturated heterocycles. The van der Waals surface area contributed by atoms with Crippen molar-refractivity contribution in [3.05, 3.63) is 12.3 Å². The summed E-state index contributed by atoms with van der Waals surface area (Å²) in [5.41, 5.74) is -0.199. The summed E-state index contributed by atoms with van der Waals surface area (Å²) in [4.78, 5) is 2.13. The van der Waals surface area contributed by atoms with Crippen molar-refractivity contribution in [1.29, 1.82) is 0 Å². The van der Waals surface area contributed by atoms with E-state index in [1.807, 2.05) is 19.9 Å². The van der Waals surface area contributed by atoms with Crippen molar-refractivity contribution in [1.82, 2.24) is 10.2 Å². The minimum Gasteiger partial charge on any atom is -0.391 e. The molecule has 4 nitrogen and oxygen atoms in total. The van der Waals surface area contributed by atoms with Gasteiger partial charge in [-0.25, -0.2) is 0 Å². The number of nitrogens with zero attached hydrogens (tertiary/aromatic N) is 2. The molecule has 1 fully saturated rings. The van der Waals surface area contributed by atoms with Crippen molar-refractivity contribution in [3.8, 4) is 0 Å². The summed E-state index contributed by atoms with van der Waals surface area (Å²) in [5.74, 6) is 0.918. The van der Waals surface area contributed by atoms with E-state index in [9.17, 15) is 5.11 Å². The Labute approximate surface area is 77.6 Å². The predicted molar refractivity (Wildman–Crippen MR) is 50.6 cm³/mol. The van der Waals surface area contributed by atoms with Crippen LogP contribution in [0.5, 0.6) is 0 Å². The topological polar surface area (TPSA) is 52.1 Å². The standard InChI is InChI=1S/C9H15N3O/c1-9(2)7(13)4-6-12(9)8-3-5-10-11-8/h3,5,7,13H,4,6H2,1-2H3,(H,10,11). The lowest BCUT2D eigenvalue weighted by atomic mass is 9.99. The molecule has 0 aromatic carbocycles. The Morgan fingerprint density at radius 2 is 2.46 bits per heavy atom. The Morgan fingerprint density at radius 3 is 2.92 bits per heavy atom. The van der Waals surface area contributed by atoms with E-state index < -0.39 is 0 Å². The van der Waals surface area contributed by atoms with Crippen LogP contribution in [0.2, 0.25) is 0 Å². The van der Waals surface area contributed by atoms with E-state index in [4.69, 9.17) is 0 Å². The molecule has 13 heavy (non-hydrogen) atoms. The molecule has 2 heterocycles. The summed E-state index contributed by atoms with van der Waals surface area (Å²) in [7, 11) is 0. The minimum absolute atomic E-state index is 0.199. The van der Waals surface area contributed by atoms with Gasteiger partial charge in [-0.05, 0) is 20.3 Å². The number of nitrogens with one attached hydrogen (secondary N) is 1. The molecule has 2 rings (SSSR count). The normalized spacial score (nSPS) is 26.7. The molecule has 4 heteroatoms. The van der Waals surface area contributed by atoms with Gasteiger partial charge in [-0.1, -0.05) is 0 Å². The summed E-state index contributed by atoms with van der Waals surface area (Å²) in [5, 5.41) is 16.7. The van der Waals surface area contributed by atoms with Gasteiger partial charge in [-0.2, -0.15) is 5.10 Å². The Kier molecular flexibility index (Phi) is 1.80. The Bertz CT molecular complexity index is 281. The van der Waals surface area contributed by atoms with Gasteiger partial charge in [0, 0.05) is 18.8 Å². The van der Waals surface area contributed by atoms with Crippen molar-refractivity contribution < 1.29 is 5.11 Å². The van der Waals surface area contributed by atoms with E-state index in [1.54, 1.807) is 6.20 Å². The molecule has 1 aliphatic rings. The van der Waals surface area contributed by atoms with Gasteiger partial charge >= 0.3 is 0 Å². The first-order chi connectivity index (χ1) is 6.12. The molecule has 72 valence electrons. The van der Waals surface area contributed by atoms with E-state index in [2.05, 4.69) is 15.1 Å². The van der Waals surface area contributed by atoms with Crippen LogP contribution < -0.4 is 4.90 Å². The molecule has 2 N–H and O–H groups in total. The van der Waals surface area contributed by atoms with Gasteiger partial charge in [0.15, 0.2) is 5.82 Å². The third-order valence-electron chi connectivity index (χ3n) is 2.90. The number of H-pyrrole nitrogens is 1. The first kappa shape index (κ1) is 8.56. The highest BCUT2D eigenvalue weighted by Crippen LogP contribution is 2.32. The molecule has 0 radical (unpaired) electrons. The fourth-order valence-corrected chi connectivity index (χ4v) is 1.89. The Balaban J connectivity index is 2.27. The van der Waals surface area contributed by atoms with Crippen LogP contribution in [0.3, 0.4) is 0 Å². The van der Waals surface area contributed by atoms with Gasteiger partial charge < -0.3 is 10.0 Å². The lowest BCUT2D eigenvalue weighted by Crippen LogP contribution is -2.45. The van der Waals surface area contributed by atoms with Crippen LogP contribution >= 0.6 is 0 Å². The van der Waals surface area contributed by atoms with Gasteiger partial charge in [0.05, 0.1) is 11.6 Å². The second-order valence-electron chi connectivity index (χ2n) is 4.04. The molecule has 0 bridgehead atoms. The zero-order valence-electron chi connectivity index (χ0n) is 7.99. The first-order valence-corrected chi connectivity index (χ1v) is 4.58. The van der Waals surface area contributed by atoms with Crippen LogP contribution in [0.25, 0.3) is 0 Å². The van der Waals surface area contributed by atoms with E-state index in [0.29, 0.717) is 0 Å². The van der Waals surface area contributed by atoms with Crippen LogP contribution in [0, 0.1) is 0 Å². The maximum Gasteiger partial charge on any atom is 0.150 e. The minimum atomic E-state index is -0.260. The monoisotopic (exact) mass is 181 g/mol. The summed E-state index contributed by atoms with van der Waals surface area (Å²) in [6.45, 7) is 4.96. The van der Waals surface area contributed by atoms with Crippen LogP contribution in [0.1, 0.15) is 20.3 Å². The van der Waals surface area contributed by atoms with Crippen LogP contribution in [0.15, 0.2) is 12.3 Å². The third kappa shape index (κ3) is 1.21. The maximum atomic E-state index is 9.75. The molecular weight excluding hydrogens is 166 g/mol. The maximum absolute atomic E-state index is 9.75. The highest BCUT2D eigenvalue weighted by Gasteiger charge is 2.40. The SMILES string of the molecule is CC1(C)C(O)CCN1c1cc[nH]n1. The number of aromatic nitrogens is 2. The molecule has 1 atom stereocenters. The van der Waals surface area contributed by atoms with Gasteiger partial charge in [-0.3, -0.25) is 5.10 Å². The molecule has 0 saturated carbocycles. The summed E-state index contributed by atoms with van der Waals surface area (Å²) in [6.07, 6.45) is 2.36. The lowest BCUT2D eigenvalue weighted by Gasteiger charge is -2.33. The van der Waals surface area contributed by atoms with Crippen LogP contribution in [-0.2, 0) is 0 Å². The van der Waals surface area contributed by atoms with Crippen molar-refractivity contribution >= 4 is 5.82 Å². The number of anilines is 1. The molecule has 1 aliphatic heterocycles. The van der Waals surface area contributed by atoms with Gasteiger partial charge in [0.25, 0.3) is 0 Å².